The molecule has 0 aromatic heterocycles. The number of halogens is 1. The third-order valence-electron chi connectivity index (χ3n) is 8.79. The molecule has 0 amide bonds. The van der Waals surface area contributed by atoms with E-state index in [0.717, 1.165) is 38.5 Å². The number of fused-ring (bicyclic) bond motifs is 5. The van der Waals surface area contributed by atoms with Gasteiger partial charge in [-0.3, -0.25) is 0 Å². The molecule has 0 aliphatic heterocycles. The van der Waals surface area contributed by atoms with Gasteiger partial charge in [0.25, 0.3) is 0 Å². The first-order valence-corrected chi connectivity index (χ1v) is 9.84. The molecule has 0 aromatic carbocycles. The standard InChI is InChI=1S/C21H33NO2.CH4.ClH/c1-4-12-5-6-14-17-15(8-10-20(12,14)2)21(3)9-7-13(22)11-16(21)18(23)19(17)24;;/h13-19,23-24H,1,5-11,22H2,2-3H3;1H4;1H/t13-,14?,15?,16?,17?,18+,19+,20+,21+;;/m0../s1. The van der Waals surface area contributed by atoms with E-state index in [1.54, 1.807) is 0 Å². The quantitative estimate of drug-likeness (QED) is 0.552. The molecule has 150 valence electrons. The van der Waals surface area contributed by atoms with Crippen LogP contribution in [0.15, 0.2) is 17.9 Å². The number of aliphatic hydroxyl groups is 2. The first-order valence-electron chi connectivity index (χ1n) is 9.84. The molecule has 4 saturated carbocycles. The molecular formula is C22H38ClNO2. The minimum Gasteiger partial charge on any atom is -0.390 e. The lowest BCUT2D eigenvalue weighted by Crippen LogP contribution is -2.64. The molecule has 4 heteroatoms. The monoisotopic (exact) mass is 383 g/mol. The van der Waals surface area contributed by atoms with Crippen molar-refractivity contribution in [2.24, 2.45) is 40.2 Å². The minimum absolute atomic E-state index is 0. The molecule has 4 aliphatic rings. The van der Waals surface area contributed by atoms with Crippen molar-refractivity contribution in [1.82, 2.24) is 0 Å². The zero-order valence-corrected chi connectivity index (χ0v) is 16.4. The fourth-order valence-corrected chi connectivity index (χ4v) is 7.40. The zero-order valence-electron chi connectivity index (χ0n) is 15.6. The van der Waals surface area contributed by atoms with Gasteiger partial charge in [-0.25, -0.2) is 0 Å². The highest BCUT2D eigenvalue weighted by molar-refractivity contribution is 5.85. The maximum atomic E-state index is 11.1. The van der Waals surface area contributed by atoms with Crippen LogP contribution in [-0.2, 0) is 0 Å². The smallest absolute Gasteiger partial charge is 0.0836 e. The van der Waals surface area contributed by atoms with Gasteiger partial charge in [0.15, 0.2) is 0 Å². The van der Waals surface area contributed by atoms with Gasteiger partial charge in [0.1, 0.15) is 0 Å². The summed E-state index contributed by atoms with van der Waals surface area (Å²) in [6, 6.07) is 0.178. The lowest BCUT2D eigenvalue weighted by molar-refractivity contribution is -0.210. The summed E-state index contributed by atoms with van der Waals surface area (Å²) in [5, 5.41) is 22.1. The first-order chi connectivity index (χ1) is 11.3. The summed E-state index contributed by atoms with van der Waals surface area (Å²) in [6.45, 7) is 8.64. The average Bonchev–Trinajstić information content (AvgIpc) is 2.90. The van der Waals surface area contributed by atoms with E-state index in [2.05, 4.69) is 26.2 Å². The molecule has 0 bridgehead atoms. The Labute approximate surface area is 165 Å². The molecule has 4 rings (SSSR count). The molecular weight excluding hydrogens is 346 g/mol. The largest absolute Gasteiger partial charge is 0.390 e. The second-order valence-corrected chi connectivity index (χ2v) is 9.57. The van der Waals surface area contributed by atoms with Crippen molar-refractivity contribution in [3.05, 3.63) is 17.9 Å². The molecule has 0 spiro atoms. The van der Waals surface area contributed by atoms with Crippen LogP contribution in [0.4, 0.5) is 0 Å². The van der Waals surface area contributed by atoms with E-state index in [0.29, 0.717) is 11.8 Å². The van der Waals surface area contributed by atoms with E-state index < -0.39 is 12.2 Å². The zero-order chi connectivity index (χ0) is 17.3. The predicted octanol–water partition coefficient (Wildman–Crippen LogP) is 4.07. The normalized spacial score (nSPS) is 52.5. The van der Waals surface area contributed by atoms with Crippen LogP contribution in [0.1, 0.15) is 66.2 Å². The molecule has 0 radical (unpaired) electrons. The van der Waals surface area contributed by atoms with Gasteiger partial charge in [-0.05, 0) is 85.0 Å². The van der Waals surface area contributed by atoms with Gasteiger partial charge in [0.2, 0.25) is 0 Å². The Morgan fingerprint density at radius 3 is 2.38 bits per heavy atom. The first kappa shape index (κ1) is 22.0. The molecule has 0 heterocycles. The van der Waals surface area contributed by atoms with Crippen LogP contribution < -0.4 is 5.73 Å². The SMILES string of the molecule is C.C=C=C1CCC2C3C(CC[C@]12C)[C@@]1(C)CC[C@H](N)CC1[C@@H](O)[C@@H]3O.Cl. The van der Waals surface area contributed by atoms with Gasteiger partial charge in [0, 0.05) is 6.04 Å². The van der Waals surface area contributed by atoms with Crippen LogP contribution in [0.3, 0.4) is 0 Å². The third kappa shape index (κ3) is 2.74. The Morgan fingerprint density at radius 2 is 1.73 bits per heavy atom. The number of nitrogens with two attached hydrogens (primary N) is 1. The molecule has 0 saturated heterocycles. The van der Waals surface area contributed by atoms with E-state index >= 15 is 0 Å². The van der Waals surface area contributed by atoms with Gasteiger partial charge < -0.3 is 15.9 Å². The summed E-state index contributed by atoms with van der Waals surface area (Å²) >= 11 is 0. The molecule has 4 unspecified atom stereocenters. The van der Waals surface area contributed by atoms with Crippen molar-refractivity contribution >= 4 is 12.4 Å². The van der Waals surface area contributed by atoms with Gasteiger partial charge in [0.05, 0.1) is 12.2 Å². The lowest BCUT2D eigenvalue weighted by atomic mass is 9.43. The maximum absolute atomic E-state index is 11.1. The van der Waals surface area contributed by atoms with Crippen molar-refractivity contribution < 1.29 is 10.2 Å². The van der Waals surface area contributed by atoms with Gasteiger partial charge >= 0.3 is 0 Å². The summed E-state index contributed by atoms with van der Waals surface area (Å²) in [6.07, 6.45) is 6.27. The Hall–Kier alpha value is -0.310. The van der Waals surface area contributed by atoms with Crippen molar-refractivity contribution in [3.63, 3.8) is 0 Å². The Kier molecular flexibility index (Phi) is 6.14. The highest BCUT2D eigenvalue weighted by Crippen LogP contribution is 2.67. The van der Waals surface area contributed by atoms with Crippen molar-refractivity contribution in [3.8, 4) is 0 Å². The van der Waals surface area contributed by atoms with Gasteiger partial charge in [-0.15, -0.1) is 18.1 Å². The lowest BCUT2D eigenvalue weighted by Gasteiger charge is -2.63. The summed E-state index contributed by atoms with van der Waals surface area (Å²) in [7, 11) is 0. The molecule has 26 heavy (non-hydrogen) atoms. The molecule has 9 atom stereocenters. The number of rotatable bonds is 0. The van der Waals surface area contributed by atoms with E-state index in [1.807, 2.05) is 0 Å². The number of aliphatic hydroxyl groups excluding tert-OH is 2. The average molecular weight is 384 g/mol. The highest BCUT2D eigenvalue weighted by Gasteiger charge is 2.64. The van der Waals surface area contributed by atoms with Crippen LogP contribution in [0.25, 0.3) is 0 Å². The van der Waals surface area contributed by atoms with Crippen LogP contribution in [0.5, 0.6) is 0 Å². The van der Waals surface area contributed by atoms with E-state index in [-0.39, 0.29) is 48.5 Å². The molecule has 3 nitrogen and oxygen atoms in total. The summed E-state index contributed by atoms with van der Waals surface area (Å²) < 4.78 is 0. The maximum Gasteiger partial charge on any atom is 0.0836 e. The van der Waals surface area contributed by atoms with Crippen LogP contribution in [-0.4, -0.2) is 28.5 Å². The molecule has 4 N–H and O–H groups in total. The summed E-state index contributed by atoms with van der Waals surface area (Å²) in [5.74, 6) is 1.33. The second kappa shape index (κ2) is 7.26. The topological polar surface area (TPSA) is 66.5 Å². The predicted molar refractivity (Wildman–Crippen MR) is 109 cm³/mol. The summed E-state index contributed by atoms with van der Waals surface area (Å²) in [5.41, 5.74) is 11.0. The molecule has 4 aliphatic carbocycles. The number of allylic oxidation sites excluding steroid dienone is 1. The Bertz CT molecular complexity index is 589. The number of hydrogen-bond donors (Lipinski definition) is 3. The van der Waals surface area contributed by atoms with E-state index in [9.17, 15) is 10.2 Å². The van der Waals surface area contributed by atoms with E-state index in [1.165, 1.54) is 12.0 Å². The van der Waals surface area contributed by atoms with Crippen LogP contribution in [0, 0.1) is 34.5 Å². The summed E-state index contributed by atoms with van der Waals surface area (Å²) in [4.78, 5) is 0. The van der Waals surface area contributed by atoms with Gasteiger partial charge in [-0.1, -0.05) is 27.9 Å². The Morgan fingerprint density at radius 1 is 1.04 bits per heavy atom. The highest BCUT2D eigenvalue weighted by atomic mass is 35.5. The second-order valence-electron chi connectivity index (χ2n) is 9.57. The Balaban J connectivity index is 0.00000121. The van der Waals surface area contributed by atoms with Crippen LogP contribution >= 0.6 is 12.4 Å². The van der Waals surface area contributed by atoms with Gasteiger partial charge in [-0.2, -0.15) is 0 Å². The van der Waals surface area contributed by atoms with Crippen molar-refractivity contribution in [2.45, 2.75) is 84.5 Å². The molecule has 4 fully saturated rings. The minimum atomic E-state index is -0.623. The number of hydrogen-bond acceptors (Lipinski definition) is 3. The van der Waals surface area contributed by atoms with Crippen molar-refractivity contribution in [1.29, 1.82) is 0 Å². The molecule has 0 aromatic rings. The van der Waals surface area contributed by atoms with Crippen LogP contribution in [0.2, 0.25) is 0 Å². The van der Waals surface area contributed by atoms with Crippen molar-refractivity contribution in [2.75, 3.05) is 0 Å². The third-order valence-corrected chi connectivity index (χ3v) is 8.79. The fraction of sp³-hybridized carbons (Fsp3) is 0.864. The fourth-order valence-electron chi connectivity index (χ4n) is 7.40. The van der Waals surface area contributed by atoms with E-state index in [4.69, 9.17) is 5.73 Å².